The number of halogens is 2. The third kappa shape index (κ3) is 4.87. The van der Waals surface area contributed by atoms with Gasteiger partial charge in [-0.15, -0.1) is 5.92 Å². The van der Waals surface area contributed by atoms with E-state index in [-0.39, 0.29) is 30.2 Å². The van der Waals surface area contributed by atoms with Gasteiger partial charge in [0.1, 0.15) is 29.9 Å². The largest absolute Gasteiger partial charge is 0.497 e. The van der Waals surface area contributed by atoms with E-state index in [1.54, 1.807) is 32.5 Å². The number of nitrogens with zero attached hydrogens (tertiary/aromatic N) is 2. The van der Waals surface area contributed by atoms with Crippen LogP contribution in [0.3, 0.4) is 0 Å². The van der Waals surface area contributed by atoms with Gasteiger partial charge in [-0.3, -0.25) is 4.98 Å². The summed E-state index contributed by atoms with van der Waals surface area (Å²) in [6.07, 6.45) is 3.65. The smallest absolute Gasteiger partial charge is 0.283 e. The molecule has 0 spiro atoms. The lowest BCUT2D eigenvalue weighted by Crippen LogP contribution is -2.39. The molecule has 0 unspecified atom stereocenters. The minimum Gasteiger partial charge on any atom is -0.497 e. The van der Waals surface area contributed by atoms with E-state index in [4.69, 9.17) is 19.9 Å². The van der Waals surface area contributed by atoms with Crippen LogP contribution in [0.2, 0.25) is 0 Å². The Morgan fingerprint density at radius 2 is 1.97 bits per heavy atom. The summed E-state index contributed by atoms with van der Waals surface area (Å²) in [5.74, 6) is 5.77. The first-order valence-corrected chi connectivity index (χ1v) is 12.0. The van der Waals surface area contributed by atoms with E-state index >= 15 is 4.39 Å². The molecule has 0 amide bonds. The fourth-order valence-electron chi connectivity index (χ4n) is 4.86. The first-order chi connectivity index (χ1) is 18.0. The highest BCUT2D eigenvalue weighted by Crippen LogP contribution is 2.54. The van der Waals surface area contributed by atoms with Crippen LogP contribution in [-0.2, 0) is 28.2 Å². The van der Waals surface area contributed by atoms with Gasteiger partial charge in [-0.25, -0.2) is 13.8 Å². The molecule has 2 aromatic carbocycles. The molecule has 2 aliphatic rings. The summed E-state index contributed by atoms with van der Waals surface area (Å²) in [4.78, 5) is 8.60. The van der Waals surface area contributed by atoms with Crippen molar-refractivity contribution in [1.29, 1.82) is 0 Å². The van der Waals surface area contributed by atoms with E-state index in [0.29, 0.717) is 29.7 Å². The van der Waals surface area contributed by atoms with Gasteiger partial charge >= 0.3 is 0 Å². The lowest BCUT2D eigenvalue weighted by Gasteiger charge is -2.32. The minimum atomic E-state index is -1.43. The Hall–Kier alpha value is -3.96. The number of nitrogens with two attached hydrogens (primary N) is 1. The molecule has 1 aliphatic heterocycles. The second-order valence-electron chi connectivity index (χ2n) is 9.17. The monoisotopic (exact) mass is 503 g/mol. The van der Waals surface area contributed by atoms with Crippen molar-refractivity contribution in [1.82, 2.24) is 4.98 Å². The summed E-state index contributed by atoms with van der Waals surface area (Å²) in [5.41, 5.74) is 8.22. The molecule has 2 N–H and O–H groups in total. The summed E-state index contributed by atoms with van der Waals surface area (Å²) in [7, 11) is 1.61. The third-order valence-electron chi connectivity index (χ3n) is 6.79. The molecule has 1 aliphatic carbocycles. The van der Waals surface area contributed by atoms with Crippen LogP contribution in [0.25, 0.3) is 11.1 Å². The van der Waals surface area contributed by atoms with E-state index in [0.717, 1.165) is 16.9 Å². The van der Waals surface area contributed by atoms with E-state index in [9.17, 15) is 4.39 Å². The zero-order chi connectivity index (χ0) is 26.0. The van der Waals surface area contributed by atoms with E-state index in [1.165, 1.54) is 6.07 Å². The Balaban J connectivity index is 1.53. The number of amidine groups is 1. The summed E-state index contributed by atoms with van der Waals surface area (Å²) in [5, 5.41) is 0. The highest BCUT2D eigenvalue weighted by Gasteiger charge is 2.60. The average molecular weight is 504 g/mol. The van der Waals surface area contributed by atoms with Gasteiger partial charge in [0, 0.05) is 35.0 Å². The molecule has 1 aromatic heterocycles. The second-order valence-corrected chi connectivity index (χ2v) is 9.17. The van der Waals surface area contributed by atoms with Crippen molar-refractivity contribution < 1.29 is 23.0 Å². The van der Waals surface area contributed by atoms with Crippen LogP contribution in [0.15, 0.2) is 59.9 Å². The first-order valence-electron chi connectivity index (χ1n) is 12.0. The fourth-order valence-corrected chi connectivity index (χ4v) is 4.86. The summed E-state index contributed by atoms with van der Waals surface area (Å²) >= 11 is 0. The normalized spacial score (nSPS) is 21.7. The van der Waals surface area contributed by atoms with Crippen LogP contribution in [0.5, 0.6) is 5.75 Å². The molecule has 190 valence electrons. The molecule has 2 heterocycles. The number of methoxy groups -OCH3 is 1. The number of pyridine rings is 1. The Bertz CT molecular complexity index is 1400. The molecule has 8 heteroatoms. The van der Waals surface area contributed by atoms with Crippen molar-refractivity contribution in [2.45, 2.75) is 38.2 Å². The highest BCUT2D eigenvalue weighted by molar-refractivity contribution is 5.75. The van der Waals surface area contributed by atoms with Gasteiger partial charge in [0.25, 0.3) is 6.02 Å². The van der Waals surface area contributed by atoms with Crippen LogP contribution >= 0.6 is 0 Å². The zero-order valence-corrected chi connectivity index (χ0v) is 20.6. The van der Waals surface area contributed by atoms with Crippen molar-refractivity contribution in [3.63, 3.8) is 0 Å². The van der Waals surface area contributed by atoms with Crippen molar-refractivity contribution in [2.24, 2.45) is 16.6 Å². The Labute approximate surface area is 214 Å². The number of alkyl halides is 1. The predicted octanol–water partition coefficient (Wildman–Crippen LogP) is 4.88. The van der Waals surface area contributed by atoms with E-state index in [1.807, 2.05) is 30.3 Å². The van der Waals surface area contributed by atoms with Gasteiger partial charge in [-0.2, -0.15) is 0 Å². The van der Waals surface area contributed by atoms with E-state index in [2.05, 4.69) is 21.8 Å². The molecule has 3 aromatic rings. The first kappa shape index (κ1) is 24.7. The van der Waals surface area contributed by atoms with Crippen LogP contribution < -0.4 is 10.5 Å². The molecule has 1 saturated carbocycles. The van der Waals surface area contributed by atoms with Gasteiger partial charge in [0.2, 0.25) is 0 Å². The van der Waals surface area contributed by atoms with Crippen LogP contribution in [0.1, 0.15) is 35.6 Å². The molecule has 0 saturated heterocycles. The summed E-state index contributed by atoms with van der Waals surface area (Å²) in [6.45, 7) is 1.31. The van der Waals surface area contributed by atoms with Crippen molar-refractivity contribution in [3.05, 3.63) is 82.9 Å². The zero-order valence-electron chi connectivity index (χ0n) is 20.6. The van der Waals surface area contributed by atoms with E-state index < -0.39 is 18.0 Å². The highest BCUT2D eigenvalue weighted by atomic mass is 19.1. The quantitative estimate of drug-likeness (QED) is 0.443. The molecule has 3 atom stereocenters. The molecular weight excluding hydrogens is 476 g/mol. The van der Waals surface area contributed by atoms with Gasteiger partial charge < -0.3 is 19.9 Å². The SMILES string of the molecule is CC#Cc1cncc(-c2cc([C@@]3(CF)N=C(N)O[C@@H]4C[C@@H]43)c(F)cc2COCc2ccc(OC)cc2)c1. The third-order valence-corrected chi connectivity index (χ3v) is 6.79. The number of benzene rings is 2. The van der Waals surface area contributed by atoms with Crippen LogP contribution in [0.4, 0.5) is 8.78 Å². The molecule has 5 rings (SSSR count). The predicted molar refractivity (Wildman–Crippen MR) is 136 cm³/mol. The van der Waals surface area contributed by atoms with Crippen molar-refractivity contribution in [3.8, 4) is 28.7 Å². The van der Waals surface area contributed by atoms with Crippen molar-refractivity contribution in [2.75, 3.05) is 13.8 Å². The molecule has 37 heavy (non-hydrogen) atoms. The van der Waals surface area contributed by atoms with Gasteiger partial charge in [-0.05, 0) is 60.4 Å². The van der Waals surface area contributed by atoms with Gasteiger partial charge in [0.15, 0.2) is 0 Å². The van der Waals surface area contributed by atoms with Gasteiger partial charge in [-0.1, -0.05) is 18.1 Å². The van der Waals surface area contributed by atoms with Crippen molar-refractivity contribution >= 4 is 6.02 Å². The number of hydrogen-bond acceptors (Lipinski definition) is 6. The molecule has 6 nitrogen and oxygen atoms in total. The minimum absolute atomic E-state index is 0.119. The van der Waals surface area contributed by atoms with Gasteiger partial charge in [0.05, 0.1) is 20.3 Å². The molecular formula is C29H27F2N3O3. The molecule has 0 bridgehead atoms. The maximum Gasteiger partial charge on any atom is 0.283 e. The van der Waals surface area contributed by atoms with Crippen LogP contribution in [0, 0.1) is 23.6 Å². The fraction of sp³-hybridized carbons (Fsp3) is 0.310. The number of aromatic nitrogens is 1. The molecule has 1 fully saturated rings. The number of rotatable bonds is 8. The summed E-state index contributed by atoms with van der Waals surface area (Å²) < 4.78 is 46.9. The standard InChI is InChI=1S/C29H27F2N3O3/c1-3-4-19-9-20(14-33-13-19)23-11-24(29(17-30)25-12-27(25)37-28(32)34-29)26(31)10-21(23)16-36-15-18-5-7-22(35-2)8-6-18/h5-11,13-14,25,27H,12,15-17H2,1-2H3,(H2,32,34)/t25-,27+,29+/m0/s1. The lowest BCUT2D eigenvalue weighted by atomic mass is 9.83. The number of ether oxygens (including phenoxy) is 3. The molecule has 0 radical (unpaired) electrons. The maximum absolute atomic E-state index is 15.7. The lowest BCUT2D eigenvalue weighted by molar-refractivity contribution is 0.107. The van der Waals surface area contributed by atoms with Crippen LogP contribution in [-0.4, -0.2) is 30.9 Å². The number of aliphatic imine (C=N–C) groups is 1. The number of hydrogen-bond donors (Lipinski definition) is 1. The Kier molecular flexibility index (Phi) is 6.81. The Morgan fingerprint density at radius 3 is 2.70 bits per heavy atom. The summed E-state index contributed by atoms with van der Waals surface area (Å²) in [6, 6.07) is 12.3. The second kappa shape index (κ2) is 10.2. The number of fused-ring (bicyclic) bond motifs is 1. The average Bonchev–Trinajstić information content (AvgIpc) is 3.69. The Morgan fingerprint density at radius 1 is 1.16 bits per heavy atom. The topological polar surface area (TPSA) is 79.0 Å². The maximum atomic E-state index is 15.7.